The van der Waals surface area contributed by atoms with Crippen LogP contribution in [0.25, 0.3) is 0 Å². The van der Waals surface area contributed by atoms with Crippen LogP contribution >= 0.6 is 11.3 Å². The predicted molar refractivity (Wildman–Crippen MR) is 103 cm³/mol. The second-order valence-corrected chi connectivity index (χ2v) is 7.31. The summed E-state index contributed by atoms with van der Waals surface area (Å²) in [4.78, 5) is 18.2. The van der Waals surface area contributed by atoms with Crippen molar-refractivity contribution in [2.75, 3.05) is 51.8 Å². The number of amides is 1. The molecule has 1 aromatic carbocycles. The molecule has 2 aromatic rings. The van der Waals surface area contributed by atoms with Gasteiger partial charge in [-0.05, 0) is 35.7 Å². The minimum Gasteiger partial charge on any atom is -0.379 e. The van der Waals surface area contributed by atoms with Gasteiger partial charge in [-0.1, -0.05) is 6.07 Å². The van der Waals surface area contributed by atoms with Gasteiger partial charge in [-0.25, -0.2) is 0 Å². The first-order chi connectivity index (χ1) is 12.1. The van der Waals surface area contributed by atoms with Crippen LogP contribution in [0.4, 0.5) is 5.69 Å². The van der Waals surface area contributed by atoms with Crippen LogP contribution in [0.3, 0.4) is 0 Å². The summed E-state index contributed by atoms with van der Waals surface area (Å²) in [7, 11) is 3.98. The summed E-state index contributed by atoms with van der Waals surface area (Å²) in [6, 6.07) is 12.1. The number of carbonyl (C=O) groups is 1. The maximum atomic E-state index is 12.5. The van der Waals surface area contributed by atoms with Crippen molar-refractivity contribution < 1.29 is 9.53 Å². The number of ether oxygens (including phenoxy) is 1. The number of rotatable bonds is 6. The molecule has 0 spiro atoms. The van der Waals surface area contributed by atoms with Crippen LogP contribution in [-0.4, -0.2) is 57.8 Å². The normalized spacial score (nSPS) is 16.4. The highest BCUT2D eigenvalue weighted by Gasteiger charge is 2.24. The zero-order chi connectivity index (χ0) is 17.6. The molecule has 0 aliphatic carbocycles. The van der Waals surface area contributed by atoms with Crippen LogP contribution < -0.4 is 10.2 Å². The van der Waals surface area contributed by atoms with E-state index in [2.05, 4.69) is 27.7 Å². The van der Waals surface area contributed by atoms with Crippen LogP contribution in [0.1, 0.15) is 21.3 Å². The molecule has 6 heteroatoms. The first-order valence-corrected chi connectivity index (χ1v) is 9.44. The summed E-state index contributed by atoms with van der Waals surface area (Å²) in [5.74, 6) is -0.0277. The van der Waals surface area contributed by atoms with Crippen LogP contribution in [0.2, 0.25) is 0 Å². The zero-order valence-corrected chi connectivity index (χ0v) is 15.6. The number of benzene rings is 1. The summed E-state index contributed by atoms with van der Waals surface area (Å²) in [5, 5.41) is 5.19. The van der Waals surface area contributed by atoms with E-state index in [0.29, 0.717) is 12.1 Å². The molecule has 1 aliphatic heterocycles. The minimum absolute atomic E-state index is 0.0277. The molecular weight excluding hydrogens is 334 g/mol. The molecule has 25 heavy (non-hydrogen) atoms. The lowest BCUT2D eigenvalue weighted by atomic mass is 10.1. The van der Waals surface area contributed by atoms with Crippen LogP contribution in [-0.2, 0) is 4.74 Å². The van der Waals surface area contributed by atoms with E-state index in [0.717, 1.165) is 32.0 Å². The molecule has 1 saturated heterocycles. The van der Waals surface area contributed by atoms with Gasteiger partial charge in [0.15, 0.2) is 0 Å². The van der Waals surface area contributed by atoms with Gasteiger partial charge in [-0.15, -0.1) is 11.3 Å². The third-order valence-corrected chi connectivity index (χ3v) is 5.43. The van der Waals surface area contributed by atoms with E-state index in [1.807, 2.05) is 43.3 Å². The highest BCUT2D eigenvalue weighted by Crippen LogP contribution is 2.25. The molecule has 0 radical (unpaired) electrons. The van der Waals surface area contributed by atoms with E-state index in [1.165, 1.54) is 4.88 Å². The Hall–Kier alpha value is -1.89. The van der Waals surface area contributed by atoms with E-state index in [-0.39, 0.29) is 11.9 Å². The van der Waals surface area contributed by atoms with Crippen molar-refractivity contribution in [2.45, 2.75) is 6.04 Å². The Bertz CT molecular complexity index is 664. The van der Waals surface area contributed by atoms with Crippen molar-refractivity contribution in [3.05, 3.63) is 52.2 Å². The molecule has 2 heterocycles. The molecule has 1 atom stereocenters. The second kappa shape index (κ2) is 8.47. The van der Waals surface area contributed by atoms with Gasteiger partial charge in [0, 0.05) is 49.9 Å². The quantitative estimate of drug-likeness (QED) is 0.861. The summed E-state index contributed by atoms with van der Waals surface area (Å²) in [5.41, 5.74) is 1.78. The molecule has 0 saturated carbocycles. The summed E-state index contributed by atoms with van der Waals surface area (Å²) in [6.45, 7) is 3.91. The maximum absolute atomic E-state index is 12.5. The molecule has 1 aliphatic rings. The molecule has 1 amide bonds. The number of morpholine rings is 1. The van der Waals surface area contributed by atoms with Gasteiger partial charge in [0.2, 0.25) is 0 Å². The van der Waals surface area contributed by atoms with E-state index in [9.17, 15) is 4.79 Å². The molecule has 3 rings (SSSR count). The summed E-state index contributed by atoms with van der Waals surface area (Å²) in [6.07, 6.45) is 0. The predicted octanol–water partition coefficient (Wildman–Crippen LogP) is 2.62. The maximum Gasteiger partial charge on any atom is 0.251 e. The Balaban J connectivity index is 1.64. The molecule has 1 fully saturated rings. The lowest BCUT2D eigenvalue weighted by molar-refractivity contribution is 0.0169. The lowest BCUT2D eigenvalue weighted by Crippen LogP contribution is -2.43. The Morgan fingerprint density at radius 2 is 1.96 bits per heavy atom. The van der Waals surface area contributed by atoms with Gasteiger partial charge in [0.25, 0.3) is 5.91 Å². The number of thiophene rings is 1. The fraction of sp³-hybridized carbons (Fsp3) is 0.421. The van der Waals surface area contributed by atoms with Gasteiger partial charge >= 0.3 is 0 Å². The topological polar surface area (TPSA) is 44.8 Å². The summed E-state index contributed by atoms with van der Waals surface area (Å²) < 4.78 is 5.46. The van der Waals surface area contributed by atoms with E-state index < -0.39 is 0 Å². The molecule has 1 N–H and O–H groups in total. The number of anilines is 1. The van der Waals surface area contributed by atoms with E-state index >= 15 is 0 Å². The van der Waals surface area contributed by atoms with Crippen LogP contribution in [0.5, 0.6) is 0 Å². The Morgan fingerprint density at radius 3 is 2.56 bits per heavy atom. The standard InChI is InChI=1S/C19H25N3O2S/c1-21(2)16-7-5-15(6-8-16)19(23)20-14-17(18-4-3-13-25-18)22-9-11-24-12-10-22/h3-8,13,17H,9-12,14H2,1-2H3,(H,20,23). The average Bonchev–Trinajstić information content (AvgIpc) is 3.17. The fourth-order valence-corrected chi connectivity index (χ4v) is 3.84. The van der Waals surface area contributed by atoms with E-state index in [4.69, 9.17) is 4.74 Å². The largest absolute Gasteiger partial charge is 0.379 e. The second-order valence-electron chi connectivity index (χ2n) is 6.33. The highest BCUT2D eigenvalue weighted by molar-refractivity contribution is 7.10. The lowest BCUT2D eigenvalue weighted by Gasteiger charge is -2.34. The number of nitrogens with one attached hydrogen (secondary N) is 1. The fourth-order valence-electron chi connectivity index (χ4n) is 2.98. The smallest absolute Gasteiger partial charge is 0.251 e. The van der Waals surface area contributed by atoms with Gasteiger partial charge in [0.05, 0.1) is 19.3 Å². The Labute approximate surface area is 153 Å². The molecular formula is C19H25N3O2S. The number of nitrogens with zero attached hydrogens (tertiary/aromatic N) is 2. The van der Waals surface area contributed by atoms with Gasteiger partial charge in [0.1, 0.15) is 0 Å². The van der Waals surface area contributed by atoms with Crippen LogP contribution in [0.15, 0.2) is 41.8 Å². The highest BCUT2D eigenvalue weighted by atomic mass is 32.1. The average molecular weight is 359 g/mol. The minimum atomic E-state index is -0.0277. The number of hydrogen-bond acceptors (Lipinski definition) is 5. The third kappa shape index (κ3) is 4.60. The first-order valence-electron chi connectivity index (χ1n) is 8.56. The van der Waals surface area contributed by atoms with Crippen molar-refractivity contribution in [1.29, 1.82) is 0 Å². The molecule has 1 unspecified atom stereocenters. The Kier molecular flexibility index (Phi) is 6.07. The monoisotopic (exact) mass is 359 g/mol. The zero-order valence-electron chi connectivity index (χ0n) is 14.8. The van der Waals surface area contributed by atoms with Crippen molar-refractivity contribution in [1.82, 2.24) is 10.2 Å². The van der Waals surface area contributed by atoms with Crippen molar-refractivity contribution in [3.63, 3.8) is 0 Å². The van der Waals surface area contributed by atoms with Crippen molar-refractivity contribution in [3.8, 4) is 0 Å². The number of carbonyl (C=O) groups excluding carboxylic acids is 1. The van der Waals surface area contributed by atoms with Gasteiger partial charge in [-0.3, -0.25) is 9.69 Å². The SMILES string of the molecule is CN(C)c1ccc(C(=O)NCC(c2cccs2)N2CCOCC2)cc1. The molecule has 5 nitrogen and oxygen atoms in total. The molecule has 1 aromatic heterocycles. The third-order valence-electron chi connectivity index (χ3n) is 4.46. The molecule has 134 valence electrons. The molecule has 0 bridgehead atoms. The van der Waals surface area contributed by atoms with Crippen molar-refractivity contribution >= 4 is 22.9 Å². The number of hydrogen-bond donors (Lipinski definition) is 1. The van der Waals surface area contributed by atoms with Gasteiger partial charge in [-0.2, -0.15) is 0 Å². The first kappa shape index (κ1) is 17.9. The van der Waals surface area contributed by atoms with Crippen LogP contribution in [0, 0.1) is 0 Å². The Morgan fingerprint density at radius 1 is 1.24 bits per heavy atom. The van der Waals surface area contributed by atoms with Gasteiger partial charge < -0.3 is 15.0 Å². The summed E-state index contributed by atoms with van der Waals surface area (Å²) >= 11 is 1.74. The van der Waals surface area contributed by atoms with Crippen molar-refractivity contribution in [2.24, 2.45) is 0 Å². The van der Waals surface area contributed by atoms with E-state index in [1.54, 1.807) is 11.3 Å².